The van der Waals surface area contributed by atoms with Crippen molar-refractivity contribution in [2.75, 3.05) is 0 Å². The number of hydrogen-bond acceptors (Lipinski definition) is 3. The van der Waals surface area contributed by atoms with Gasteiger partial charge in [-0.2, -0.15) is 8.42 Å². The predicted octanol–water partition coefficient (Wildman–Crippen LogP) is 4.13. The van der Waals surface area contributed by atoms with E-state index in [2.05, 4.69) is 12.1 Å². The lowest BCUT2D eigenvalue weighted by Crippen LogP contribution is -2.20. The summed E-state index contributed by atoms with van der Waals surface area (Å²) in [5.74, 6) is 0. The van der Waals surface area contributed by atoms with Crippen molar-refractivity contribution in [3.05, 3.63) is 35.9 Å². The van der Waals surface area contributed by atoms with Gasteiger partial charge in [-0.15, -0.1) is 0 Å². The molecule has 6 nitrogen and oxygen atoms in total. The van der Waals surface area contributed by atoms with Gasteiger partial charge in [0.05, 0.1) is 0 Å². The van der Waals surface area contributed by atoms with Gasteiger partial charge in [0, 0.05) is 0 Å². The molecule has 3 N–H and O–H groups in total. The first-order chi connectivity index (χ1) is 11.7. The first kappa shape index (κ1) is 22.3. The van der Waals surface area contributed by atoms with Crippen molar-refractivity contribution in [3.63, 3.8) is 0 Å². The molecule has 1 aromatic rings. The molecule has 8 heteroatoms. The average molecular weight is 392 g/mol. The second-order valence-electron chi connectivity index (χ2n) is 6.41. The lowest BCUT2D eigenvalue weighted by molar-refractivity contribution is 0.359. The van der Waals surface area contributed by atoms with Gasteiger partial charge in [-0.25, -0.2) is 0 Å². The lowest BCUT2D eigenvalue weighted by atomic mass is 10.0. The van der Waals surface area contributed by atoms with Crippen molar-refractivity contribution >= 4 is 17.7 Å². The van der Waals surface area contributed by atoms with Crippen LogP contribution in [0.25, 0.3) is 0 Å². The number of aryl methyl sites for hydroxylation is 1. The third-order valence-corrected chi connectivity index (χ3v) is 7.78. The zero-order chi connectivity index (χ0) is 18.8. The Bertz CT molecular complexity index is 626. The van der Waals surface area contributed by atoms with E-state index in [-0.39, 0.29) is 6.42 Å². The van der Waals surface area contributed by atoms with E-state index in [4.69, 9.17) is 14.3 Å². The Morgan fingerprint density at radius 1 is 0.840 bits per heavy atom. The minimum Gasteiger partial charge on any atom is -0.323 e. The molecular formula is C17H29O6PS. The zero-order valence-electron chi connectivity index (χ0n) is 14.5. The van der Waals surface area contributed by atoms with Gasteiger partial charge < -0.3 is 9.79 Å². The second-order valence-corrected chi connectivity index (χ2v) is 10.2. The van der Waals surface area contributed by atoms with E-state index in [1.54, 1.807) is 0 Å². The van der Waals surface area contributed by atoms with E-state index in [0.717, 1.165) is 32.1 Å². The molecule has 0 aliphatic heterocycles. The summed E-state index contributed by atoms with van der Waals surface area (Å²) in [6.45, 7) is 0. The van der Waals surface area contributed by atoms with Crippen LogP contribution in [0.1, 0.15) is 63.4 Å². The van der Waals surface area contributed by atoms with Crippen LogP contribution in [0.5, 0.6) is 0 Å². The minimum absolute atomic E-state index is 0.208. The predicted molar refractivity (Wildman–Crippen MR) is 99.1 cm³/mol. The van der Waals surface area contributed by atoms with E-state index in [0.29, 0.717) is 12.8 Å². The van der Waals surface area contributed by atoms with Gasteiger partial charge in [0.25, 0.3) is 10.1 Å². The number of benzene rings is 1. The second kappa shape index (κ2) is 11.1. The van der Waals surface area contributed by atoms with E-state index in [1.165, 1.54) is 18.4 Å². The third-order valence-electron chi connectivity index (χ3n) is 4.23. The molecule has 0 saturated carbocycles. The smallest absolute Gasteiger partial charge is 0.323 e. The molecule has 0 aliphatic carbocycles. The maximum atomic E-state index is 11.1. The fraction of sp³-hybridized carbons (Fsp3) is 0.647. The highest BCUT2D eigenvalue weighted by molar-refractivity contribution is 7.93. The van der Waals surface area contributed by atoms with E-state index < -0.39 is 22.7 Å². The lowest BCUT2D eigenvalue weighted by Gasteiger charge is -2.14. The van der Waals surface area contributed by atoms with Crippen LogP contribution in [0.2, 0.25) is 0 Å². The molecule has 25 heavy (non-hydrogen) atoms. The van der Waals surface area contributed by atoms with Crippen molar-refractivity contribution in [1.29, 1.82) is 0 Å². The molecule has 144 valence electrons. The molecule has 0 heterocycles. The molecule has 0 fully saturated rings. The quantitative estimate of drug-likeness (QED) is 0.264. The van der Waals surface area contributed by atoms with Crippen LogP contribution in [-0.4, -0.2) is 27.7 Å². The van der Waals surface area contributed by atoms with Gasteiger partial charge in [0.2, 0.25) is 0 Å². The fourth-order valence-electron chi connectivity index (χ4n) is 2.84. The van der Waals surface area contributed by atoms with Gasteiger partial charge >= 0.3 is 7.60 Å². The molecule has 0 aromatic heterocycles. The Balaban J connectivity index is 2.04. The molecule has 0 aliphatic rings. The van der Waals surface area contributed by atoms with Crippen molar-refractivity contribution in [3.8, 4) is 0 Å². The summed E-state index contributed by atoms with van der Waals surface area (Å²) in [6.07, 6.45) is 8.51. The largest absolute Gasteiger partial charge is 0.346 e. The Morgan fingerprint density at radius 3 is 1.80 bits per heavy atom. The van der Waals surface area contributed by atoms with Crippen LogP contribution in [0.15, 0.2) is 30.3 Å². The van der Waals surface area contributed by atoms with Crippen molar-refractivity contribution < 1.29 is 27.3 Å². The van der Waals surface area contributed by atoms with Crippen molar-refractivity contribution in [2.24, 2.45) is 0 Å². The summed E-state index contributed by atoms with van der Waals surface area (Å²) >= 11 is 0. The van der Waals surface area contributed by atoms with Gasteiger partial charge in [-0.1, -0.05) is 75.3 Å². The molecule has 0 bridgehead atoms. The highest BCUT2D eigenvalue weighted by atomic mass is 32.2. The number of rotatable bonds is 13. The molecule has 1 atom stereocenters. The summed E-state index contributed by atoms with van der Waals surface area (Å²) in [6, 6.07) is 10.4. The summed E-state index contributed by atoms with van der Waals surface area (Å²) in [5, 5.41) is 0. The minimum atomic E-state index is -4.83. The van der Waals surface area contributed by atoms with Crippen LogP contribution >= 0.6 is 7.60 Å². The van der Waals surface area contributed by atoms with Crippen LogP contribution < -0.4 is 0 Å². The van der Waals surface area contributed by atoms with Gasteiger partial charge in [0.15, 0.2) is 4.99 Å². The number of unbranched alkanes of at least 4 members (excludes halogenated alkanes) is 7. The van der Waals surface area contributed by atoms with E-state index in [9.17, 15) is 13.0 Å². The normalized spacial score (nSPS) is 13.7. The van der Waals surface area contributed by atoms with Crippen LogP contribution in [0.4, 0.5) is 0 Å². The Hall–Kier alpha value is -0.720. The molecule has 0 saturated heterocycles. The maximum absolute atomic E-state index is 11.1. The van der Waals surface area contributed by atoms with E-state index in [1.807, 2.05) is 18.2 Å². The third kappa shape index (κ3) is 10.1. The van der Waals surface area contributed by atoms with Crippen molar-refractivity contribution in [2.45, 2.75) is 69.2 Å². The summed E-state index contributed by atoms with van der Waals surface area (Å²) < 4.78 is 42.0. The SMILES string of the molecule is O=P(O)(O)C(CCCCCCCCCCc1ccccc1)S(=O)(=O)O. The molecule has 0 spiro atoms. The van der Waals surface area contributed by atoms with Crippen LogP contribution in [-0.2, 0) is 21.1 Å². The summed E-state index contributed by atoms with van der Waals surface area (Å²) in [4.78, 5) is 16.0. The topological polar surface area (TPSA) is 112 Å². The molecule has 0 amide bonds. The van der Waals surface area contributed by atoms with Crippen molar-refractivity contribution in [1.82, 2.24) is 0 Å². The monoisotopic (exact) mass is 392 g/mol. The Morgan fingerprint density at radius 2 is 1.32 bits per heavy atom. The van der Waals surface area contributed by atoms with Crippen LogP contribution in [0, 0.1) is 0 Å². The highest BCUT2D eigenvalue weighted by Gasteiger charge is 2.38. The fourth-order valence-corrected chi connectivity index (χ4v) is 5.22. The molecule has 1 unspecified atom stereocenters. The number of hydrogen-bond donors (Lipinski definition) is 3. The molecule has 0 radical (unpaired) electrons. The van der Waals surface area contributed by atoms with Crippen LogP contribution in [0.3, 0.4) is 0 Å². The Kier molecular flexibility index (Phi) is 9.90. The summed E-state index contributed by atoms with van der Waals surface area (Å²) in [7, 11) is -9.55. The van der Waals surface area contributed by atoms with Gasteiger partial charge in [-0.05, 0) is 24.8 Å². The molecular weight excluding hydrogens is 363 g/mol. The first-order valence-electron chi connectivity index (χ1n) is 8.76. The van der Waals surface area contributed by atoms with Gasteiger partial charge in [0.1, 0.15) is 0 Å². The van der Waals surface area contributed by atoms with Gasteiger partial charge in [-0.3, -0.25) is 9.12 Å². The average Bonchev–Trinajstić information content (AvgIpc) is 2.51. The maximum Gasteiger partial charge on any atom is 0.346 e. The first-order valence-corrected chi connectivity index (χ1v) is 11.9. The Labute approximate surface area is 150 Å². The summed E-state index contributed by atoms with van der Waals surface area (Å²) in [5.41, 5.74) is 1.36. The zero-order valence-corrected chi connectivity index (χ0v) is 16.2. The highest BCUT2D eigenvalue weighted by Crippen LogP contribution is 2.46. The standard InChI is InChI=1S/C17H29O6PS/c18-24(19,20)17(25(21,22)23)15-11-6-4-2-1-3-5-8-12-16-13-9-7-10-14-16/h7,9-10,13-14,17H,1-6,8,11-12,15H2,(H2,18,19,20)(H,21,22,23). The molecule has 1 rings (SSSR count). The molecule has 1 aromatic carbocycles. The van der Waals surface area contributed by atoms with E-state index >= 15 is 0 Å².